The van der Waals surface area contributed by atoms with Crippen molar-refractivity contribution >= 4 is 0 Å². The number of nitrogens with one attached hydrogen (secondary N) is 1. The van der Waals surface area contributed by atoms with Gasteiger partial charge in [0.25, 0.3) is 0 Å². The predicted octanol–water partition coefficient (Wildman–Crippen LogP) is 3.20. The Hall–Kier alpha value is -0.0800. The van der Waals surface area contributed by atoms with E-state index in [1.807, 2.05) is 0 Å². The minimum absolute atomic E-state index is 0.0693. The number of aliphatic hydroxyl groups is 1. The van der Waals surface area contributed by atoms with E-state index in [4.69, 9.17) is 0 Å². The quantitative estimate of drug-likeness (QED) is 0.671. The first-order valence-corrected chi connectivity index (χ1v) is 7.41. The predicted molar refractivity (Wildman–Crippen MR) is 74.1 cm³/mol. The number of aliphatic hydroxyl groups excluding tert-OH is 1. The third kappa shape index (κ3) is 5.39. The van der Waals surface area contributed by atoms with Crippen LogP contribution in [0.1, 0.15) is 59.3 Å². The van der Waals surface area contributed by atoms with E-state index in [0.717, 1.165) is 31.3 Å². The van der Waals surface area contributed by atoms with Crippen molar-refractivity contribution in [1.82, 2.24) is 5.32 Å². The van der Waals surface area contributed by atoms with E-state index in [0.29, 0.717) is 0 Å². The van der Waals surface area contributed by atoms with Crippen molar-refractivity contribution in [3.8, 4) is 0 Å². The van der Waals surface area contributed by atoms with Gasteiger partial charge in [0.05, 0.1) is 0 Å². The molecule has 0 bridgehead atoms. The Labute approximate surface area is 107 Å². The Morgan fingerprint density at radius 1 is 1.35 bits per heavy atom. The van der Waals surface area contributed by atoms with Gasteiger partial charge in [-0.25, -0.2) is 0 Å². The van der Waals surface area contributed by atoms with Gasteiger partial charge in [0.2, 0.25) is 0 Å². The molecule has 0 aliphatic heterocycles. The first-order valence-electron chi connectivity index (χ1n) is 7.41. The summed E-state index contributed by atoms with van der Waals surface area (Å²) in [6.45, 7) is 9.05. The Balaban J connectivity index is 2.11. The minimum atomic E-state index is 0.0693. The molecule has 0 aromatic heterocycles. The average molecular weight is 241 g/mol. The zero-order valence-electron chi connectivity index (χ0n) is 12.0. The number of rotatable bonds is 7. The summed E-state index contributed by atoms with van der Waals surface area (Å²) in [7, 11) is 0. The summed E-state index contributed by atoms with van der Waals surface area (Å²) in [6, 6.07) is 0. The van der Waals surface area contributed by atoms with Crippen LogP contribution < -0.4 is 5.32 Å². The highest BCUT2D eigenvalue weighted by Gasteiger charge is 2.21. The zero-order chi connectivity index (χ0) is 12.7. The maximum Gasteiger partial charge on any atom is 0.0496 e. The summed E-state index contributed by atoms with van der Waals surface area (Å²) in [5, 5.41) is 12.9. The van der Waals surface area contributed by atoms with Crippen LogP contribution in [-0.2, 0) is 0 Å². The van der Waals surface area contributed by atoms with Crippen molar-refractivity contribution in [3.05, 3.63) is 0 Å². The van der Waals surface area contributed by atoms with E-state index in [1.165, 1.54) is 32.1 Å². The van der Waals surface area contributed by atoms with Crippen molar-refractivity contribution in [2.45, 2.75) is 59.3 Å². The molecule has 1 aliphatic rings. The molecule has 0 heterocycles. The third-order valence-electron chi connectivity index (χ3n) is 4.56. The number of hydrogen-bond acceptors (Lipinski definition) is 2. The normalized spacial score (nSPS) is 28.9. The van der Waals surface area contributed by atoms with Gasteiger partial charge in [0, 0.05) is 18.6 Å². The molecule has 3 atom stereocenters. The molecule has 0 radical (unpaired) electrons. The fraction of sp³-hybridized carbons (Fsp3) is 1.00. The van der Waals surface area contributed by atoms with Gasteiger partial charge in [-0.1, -0.05) is 40.0 Å². The highest BCUT2D eigenvalue weighted by atomic mass is 16.3. The van der Waals surface area contributed by atoms with Crippen molar-refractivity contribution < 1.29 is 5.11 Å². The van der Waals surface area contributed by atoms with Gasteiger partial charge in [-0.3, -0.25) is 0 Å². The Morgan fingerprint density at radius 3 is 2.71 bits per heavy atom. The molecule has 2 N–H and O–H groups in total. The highest BCUT2D eigenvalue weighted by molar-refractivity contribution is 4.75. The third-order valence-corrected chi connectivity index (χ3v) is 4.56. The second-order valence-corrected chi connectivity index (χ2v) is 6.43. The molecule has 102 valence electrons. The van der Waals surface area contributed by atoms with Crippen LogP contribution in [0.3, 0.4) is 0 Å². The molecule has 2 heteroatoms. The lowest BCUT2D eigenvalue weighted by atomic mass is 9.81. The molecule has 1 rings (SSSR count). The van der Waals surface area contributed by atoms with Gasteiger partial charge in [0.1, 0.15) is 0 Å². The Bertz CT molecular complexity index is 201. The fourth-order valence-electron chi connectivity index (χ4n) is 2.81. The van der Waals surface area contributed by atoms with Crippen LogP contribution in [-0.4, -0.2) is 24.8 Å². The molecule has 0 aromatic rings. The first kappa shape index (κ1) is 15.0. The summed E-state index contributed by atoms with van der Waals surface area (Å²) in [6.07, 6.45) is 8.06. The largest absolute Gasteiger partial charge is 0.396 e. The van der Waals surface area contributed by atoms with Gasteiger partial charge in [-0.05, 0) is 37.6 Å². The summed E-state index contributed by atoms with van der Waals surface area (Å²) in [5.74, 6) is 1.88. The van der Waals surface area contributed by atoms with Crippen LogP contribution in [0.4, 0.5) is 0 Å². The lowest BCUT2D eigenvalue weighted by molar-refractivity contribution is 0.134. The van der Waals surface area contributed by atoms with Gasteiger partial charge >= 0.3 is 0 Å². The molecular formula is C15H31NO. The second kappa shape index (κ2) is 7.38. The molecule has 1 saturated carbocycles. The lowest BCUT2D eigenvalue weighted by Crippen LogP contribution is -2.35. The second-order valence-electron chi connectivity index (χ2n) is 6.43. The average Bonchev–Trinajstić information content (AvgIpc) is 2.34. The SMILES string of the molecule is CCC(C)(CO)CNCCC1CCCC(C)C1. The molecule has 1 fully saturated rings. The van der Waals surface area contributed by atoms with E-state index in [2.05, 4.69) is 26.1 Å². The maximum absolute atomic E-state index is 9.33. The molecular weight excluding hydrogens is 210 g/mol. The Morgan fingerprint density at radius 2 is 2.12 bits per heavy atom. The molecule has 0 spiro atoms. The van der Waals surface area contributed by atoms with Gasteiger partial charge in [-0.2, -0.15) is 0 Å². The van der Waals surface area contributed by atoms with E-state index < -0.39 is 0 Å². The highest BCUT2D eigenvalue weighted by Crippen LogP contribution is 2.30. The maximum atomic E-state index is 9.33. The first-order chi connectivity index (χ1) is 8.09. The van der Waals surface area contributed by atoms with E-state index in [9.17, 15) is 5.11 Å². The molecule has 0 aromatic carbocycles. The summed E-state index contributed by atoms with van der Waals surface area (Å²) in [4.78, 5) is 0. The summed E-state index contributed by atoms with van der Waals surface area (Å²) >= 11 is 0. The molecule has 2 nitrogen and oxygen atoms in total. The van der Waals surface area contributed by atoms with Crippen LogP contribution in [0.2, 0.25) is 0 Å². The van der Waals surface area contributed by atoms with Crippen molar-refractivity contribution in [2.24, 2.45) is 17.3 Å². The standard InChI is InChI=1S/C15H31NO/c1-4-15(3,12-17)11-16-9-8-14-7-5-6-13(2)10-14/h13-14,16-17H,4-12H2,1-3H3. The molecule has 17 heavy (non-hydrogen) atoms. The van der Waals surface area contributed by atoms with Crippen LogP contribution in [0.25, 0.3) is 0 Å². The van der Waals surface area contributed by atoms with Crippen molar-refractivity contribution in [3.63, 3.8) is 0 Å². The minimum Gasteiger partial charge on any atom is -0.396 e. The molecule has 0 amide bonds. The van der Waals surface area contributed by atoms with E-state index >= 15 is 0 Å². The van der Waals surface area contributed by atoms with Gasteiger partial charge in [0.15, 0.2) is 0 Å². The number of hydrogen-bond donors (Lipinski definition) is 2. The molecule has 3 unspecified atom stereocenters. The summed E-state index contributed by atoms with van der Waals surface area (Å²) in [5.41, 5.74) is 0.0693. The monoisotopic (exact) mass is 241 g/mol. The Kier molecular flexibility index (Phi) is 6.50. The van der Waals surface area contributed by atoms with E-state index in [-0.39, 0.29) is 12.0 Å². The fourth-order valence-corrected chi connectivity index (χ4v) is 2.81. The van der Waals surface area contributed by atoms with Gasteiger partial charge in [-0.15, -0.1) is 0 Å². The summed E-state index contributed by atoms with van der Waals surface area (Å²) < 4.78 is 0. The zero-order valence-corrected chi connectivity index (χ0v) is 12.0. The lowest BCUT2D eigenvalue weighted by Gasteiger charge is -2.28. The van der Waals surface area contributed by atoms with Crippen LogP contribution in [0.5, 0.6) is 0 Å². The van der Waals surface area contributed by atoms with E-state index in [1.54, 1.807) is 0 Å². The van der Waals surface area contributed by atoms with Gasteiger partial charge < -0.3 is 10.4 Å². The topological polar surface area (TPSA) is 32.3 Å². The van der Waals surface area contributed by atoms with Crippen LogP contribution in [0, 0.1) is 17.3 Å². The molecule has 1 aliphatic carbocycles. The van der Waals surface area contributed by atoms with Crippen molar-refractivity contribution in [2.75, 3.05) is 19.7 Å². The smallest absolute Gasteiger partial charge is 0.0496 e. The molecule has 0 saturated heterocycles. The van der Waals surface area contributed by atoms with Crippen LogP contribution in [0.15, 0.2) is 0 Å². The van der Waals surface area contributed by atoms with Crippen LogP contribution >= 0.6 is 0 Å². The van der Waals surface area contributed by atoms with Crippen molar-refractivity contribution in [1.29, 1.82) is 0 Å².